The highest BCUT2D eigenvalue weighted by atomic mass is 16.5. The Bertz CT molecular complexity index is 1140. The maximum Gasteiger partial charge on any atom is 0.309 e. The molecule has 3 heteroatoms. The van der Waals surface area contributed by atoms with E-state index in [1.165, 1.54) is 23.8 Å². The number of fused-ring (bicyclic) bond motifs is 1. The summed E-state index contributed by atoms with van der Waals surface area (Å²) in [4.78, 5) is 12.0. The first kappa shape index (κ1) is 24.1. The van der Waals surface area contributed by atoms with E-state index < -0.39 is 0 Å². The van der Waals surface area contributed by atoms with Crippen LogP contribution in [0.15, 0.2) is 67.8 Å². The number of allylic oxidation sites excluding steroid dienone is 4. The second kappa shape index (κ2) is 9.66. The van der Waals surface area contributed by atoms with Crippen molar-refractivity contribution >= 4 is 11.5 Å². The summed E-state index contributed by atoms with van der Waals surface area (Å²) < 4.78 is 11.5. The van der Waals surface area contributed by atoms with Crippen molar-refractivity contribution < 1.29 is 14.3 Å². The van der Waals surface area contributed by atoms with Gasteiger partial charge in [0.15, 0.2) is 0 Å². The Labute approximate surface area is 204 Å². The van der Waals surface area contributed by atoms with E-state index >= 15 is 0 Å². The lowest BCUT2D eigenvalue weighted by Gasteiger charge is -2.28. The predicted molar refractivity (Wildman–Crippen MR) is 139 cm³/mol. The highest BCUT2D eigenvalue weighted by molar-refractivity contribution is 5.79. The fourth-order valence-corrected chi connectivity index (χ4v) is 5.63. The maximum absolute atomic E-state index is 12.0. The van der Waals surface area contributed by atoms with Gasteiger partial charge >= 0.3 is 5.97 Å². The third kappa shape index (κ3) is 4.49. The molecule has 0 bridgehead atoms. The number of esters is 1. The van der Waals surface area contributed by atoms with Gasteiger partial charge in [-0.25, -0.2) is 0 Å². The molecule has 4 atom stereocenters. The van der Waals surface area contributed by atoms with E-state index in [4.69, 9.17) is 9.47 Å². The van der Waals surface area contributed by atoms with Gasteiger partial charge in [0, 0.05) is 5.41 Å². The topological polar surface area (TPSA) is 35.5 Å². The van der Waals surface area contributed by atoms with Crippen LogP contribution in [0.1, 0.15) is 79.9 Å². The molecule has 4 rings (SSSR count). The van der Waals surface area contributed by atoms with Crippen LogP contribution >= 0.6 is 0 Å². The van der Waals surface area contributed by atoms with Crippen LogP contribution in [0.3, 0.4) is 0 Å². The third-order valence-electron chi connectivity index (χ3n) is 7.39. The number of methoxy groups -OCH3 is 1. The van der Waals surface area contributed by atoms with Gasteiger partial charge in [0.25, 0.3) is 0 Å². The number of hydrogen-bond acceptors (Lipinski definition) is 3. The van der Waals surface area contributed by atoms with Crippen molar-refractivity contribution in [2.24, 2.45) is 5.92 Å². The van der Waals surface area contributed by atoms with E-state index in [1.807, 2.05) is 19.1 Å². The first-order valence-corrected chi connectivity index (χ1v) is 12.2. The molecule has 2 aromatic carbocycles. The summed E-state index contributed by atoms with van der Waals surface area (Å²) in [7, 11) is 1.46. The van der Waals surface area contributed by atoms with Crippen LogP contribution in [0.4, 0.5) is 0 Å². The van der Waals surface area contributed by atoms with Crippen LogP contribution in [-0.4, -0.2) is 13.1 Å². The molecule has 1 fully saturated rings. The van der Waals surface area contributed by atoms with Gasteiger partial charge in [0.2, 0.25) is 0 Å². The standard InChI is InChI=1S/C31H36O3/c1-7-16-31(5,17-8-2)28-11-9-10-24-23(28)14-15-29(24)34-21-12-13-22(25(18-21)20(3)4)26-19-27(26)30(32)33-6/h7-13,17-18,26-27,29H,1,3,14-16,19H2,2,4-6H3. The van der Waals surface area contributed by atoms with E-state index in [0.29, 0.717) is 0 Å². The maximum atomic E-state index is 12.0. The molecule has 0 radical (unpaired) electrons. The van der Waals surface area contributed by atoms with Crippen molar-refractivity contribution in [1.82, 2.24) is 0 Å². The Kier molecular flexibility index (Phi) is 6.84. The van der Waals surface area contributed by atoms with E-state index in [9.17, 15) is 4.79 Å². The SMILES string of the molecule is C=CCC(C)(C=CC)c1cccc2c1CCC2Oc1ccc(C2CC2C(=O)OC)c(C(=C)C)c1. The second-order valence-electron chi connectivity index (χ2n) is 9.93. The van der Waals surface area contributed by atoms with Crippen molar-refractivity contribution in [1.29, 1.82) is 0 Å². The number of rotatable bonds is 9. The Balaban J connectivity index is 1.60. The molecule has 3 nitrogen and oxygen atoms in total. The van der Waals surface area contributed by atoms with Crippen LogP contribution in [-0.2, 0) is 21.4 Å². The Morgan fingerprint density at radius 3 is 2.71 bits per heavy atom. The molecule has 0 saturated heterocycles. The van der Waals surface area contributed by atoms with Crippen molar-refractivity contribution in [2.75, 3.05) is 7.11 Å². The van der Waals surface area contributed by atoms with E-state index in [1.54, 1.807) is 0 Å². The molecular formula is C31H36O3. The van der Waals surface area contributed by atoms with Crippen molar-refractivity contribution in [3.63, 3.8) is 0 Å². The van der Waals surface area contributed by atoms with Gasteiger partial charge < -0.3 is 9.47 Å². The largest absolute Gasteiger partial charge is 0.486 e. The summed E-state index contributed by atoms with van der Waals surface area (Å²) >= 11 is 0. The molecule has 0 amide bonds. The second-order valence-corrected chi connectivity index (χ2v) is 9.93. The molecule has 2 aliphatic rings. The van der Waals surface area contributed by atoms with Crippen molar-refractivity contribution in [3.05, 3.63) is 95.6 Å². The van der Waals surface area contributed by atoms with Gasteiger partial charge in [-0.1, -0.05) is 61.6 Å². The molecule has 0 aliphatic heterocycles. The molecule has 0 spiro atoms. The zero-order chi connectivity index (χ0) is 24.5. The Hall–Kier alpha value is -3.07. The number of benzene rings is 2. The summed E-state index contributed by atoms with van der Waals surface area (Å²) in [5.41, 5.74) is 7.22. The quantitative estimate of drug-likeness (QED) is 0.290. The van der Waals surface area contributed by atoms with E-state index in [0.717, 1.165) is 48.1 Å². The summed E-state index contributed by atoms with van der Waals surface area (Å²) in [5, 5.41) is 0. The van der Waals surface area contributed by atoms with Crippen molar-refractivity contribution in [3.8, 4) is 5.75 Å². The number of ether oxygens (including phenoxy) is 2. The molecule has 2 aromatic rings. The molecule has 178 valence electrons. The normalized spacial score (nSPS) is 22.6. The smallest absolute Gasteiger partial charge is 0.309 e. The summed E-state index contributed by atoms with van der Waals surface area (Å²) in [6.07, 6.45) is 10.2. The molecule has 0 heterocycles. The van der Waals surface area contributed by atoms with Gasteiger partial charge in [0.05, 0.1) is 13.0 Å². The van der Waals surface area contributed by atoms with Crippen LogP contribution < -0.4 is 4.74 Å². The number of hydrogen-bond donors (Lipinski definition) is 0. The third-order valence-corrected chi connectivity index (χ3v) is 7.39. The molecule has 1 saturated carbocycles. The van der Waals surface area contributed by atoms with Gasteiger partial charge in [-0.2, -0.15) is 0 Å². The van der Waals surface area contributed by atoms with Crippen LogP contribution in [0.5, 0.6) is 5.75 Å². The average Bonchev–Trinajstić information content (AvgIpc) is 3.52. The molecular weight excluding hydrogens is 420 g/mol. The van der Waals surface area contributed by atoms with Crippen LogP contribution in [0, 0.1) is 5.92 Å². The van der Waals surface area contributed by atoms with Gasteiger partial charge in [-0.15, -0.1) is 6.58 Å². The molecule has 34 heavy (non-hydrogen) atoms. The highest BCUT2D eigenvalue weighted by Gasteiger charge is 2.46. The molecule has 0 N–H and O–H groups in total. The minimum absolute atomic E-state index is 0.0288. The summed E-state index contributed by atoms with van der Waals surface area (Å²) in [5.74, 6) is 0.884. The monoisotopic (exact) mass is 456 g/mol. The van der Waals surface area contributed by atoms with E-state index in [2.05, 4.69) is 69.5 Å². The van der Waals surface area contributed by atoms with Crippen LogP contribution in [0.2, 0.25) is 0 Å². The van der Waals surface area contributed by atoms with Gasteiger partial charge in [-0.3, -0.25) is 4.79 Å². The molecule has 0 aromatic heterocycles. The minimum Gasteiger partial charge on any atom is -0.486 e. The lowest BCUT2D eigenvalue weighted by atomic mass is 9.76. The fraction of sp³-hybridized carbons (Fsp3) is 0.387. The number of carbonyl (C=O) groups excluding carboxylic acids is 1. The predicted octanol–water partition coefficient (Wildman–Crippen LogP) is 7.47. The first-order valence-electron chi connectivity index (χ1n) is 12.2. The van der Waals surface area contributed by atoms with E-state index in [-0.39, 0.29) is 29.3 Å². The van der Waals surface area contributed by atoms with Gasteiger partial charge in [0.1, 0.15) is 11.9 Å². The van der Waals surface area contributed by atoms with Crippen molar-refractivity contribution in [2.45, 2.75) is 63.9 Å². The van der Waals surface area contributed by atoms with Gasteiger partial charge in [-0.05, 0) is 85.4 Å². The highest BCUT2D eigenvalue weighted by Crippen LogP contribution is 2.51. The zero-order valence-corrected chi connectivity index (χ0v) is 20.9. The minimum atomic E-state index is -0.127. The number of carbonyl (C=O) groups is 1. The Morgan fingerprint density at radius 2 is 2.03 bits per heavy atom. The first-order chi connectivity index (χ1) is 16.3. The zero-order valence-electron chi connectivity index (χ0n) is 20.9. The summed E-state index contributed by atoms with van der Waals surface area (Å²) in [6, 6.07) is 12.9. The Morgan fingerprint density at radius 1 is 1.24 bits per heavy atom. The average molecular weight is 457 g/mol. The fourth-order valence-electron chi connectivity index (χ4n) is 5.63. The lowest BCUT2D eigenvalue weighted by molar-refractivity contribution is -0.142. The molecule has 2 aliphatic carbocycles. The molecule has 4 unspecified atom stereocenters. The lowest BCUT2D eigenvalue weighted by Crippen LogP contribution is -2.20. The summed E-state index contributed by atoms with van der Waals surface area (Å²) in [6.45, 7) is 14.6. The van der Waals surface area contributed by atoms with Crippen LogP contribution in [0.25, 0.3) is 5.57 Å².